The molecule has 2 nitrogen and oxygen atoms in total. The van der Waals surface area contributed by atoms with Gasteiger partial charge in [-0.1, -0.05) is 60.8 Å². The van der Waals surface area contributed by atoms with Gasteiger partial charge < -0.3 is 9.80 Å². The number of hydrogen-bond donors (Lipinski definition) is 0. The van der Waals surface area contributed by atoms with Gasteiger partial charge in [-0.15, -0.1) is 0 Å². The molecule has 0 unspecified atom stereocenters. The minimum Gasteiger partial charge on any atom is -0.302 e. The van der Waals surface area contributed by atoms with Crippen molar-refractivity contribution >= 4 is 0 Å². The minimum atomic E-state index is 0. The Balaban J connectivity index is 0. The van der Waals surface area contributed by atoms with Crippen molar-refractivity contribution in [2.75, 3.05) is 39.3 Å². The third kappa shape index (κ3) is 14.6. The molecule has 0 bridgehead atoms. The smallest absolute Gasteiger partial charge is 0.0109 e. The maximum Gasteiger partial charge on any atom is 0.0109 e. The van der Waals surface area contributed by atoms with Crippen LogP contribution in [0, 0.1) is 0 Å². The van der Waals surface area contributed by atoms with Gasteiger partial charge in [0.2, 0.25) is 0 Å². The lowest BCUT2D eigenvalue weighted by molar-refractivity contribution is 0.196. The van der Waals surface area contributed by atoms with Crippen molar-refractivity contribution in [3.05, 3.63) is 0 Å². The molecule has 0 aliphatic heterocycles. The summed E-state index contributed by atoms with van der Waals surface area (Å²) in [5, 5.41) is 0. The van der Waals surface area contributed by atoms with Crippen LogP contribution in [-0.4, -0.2) is 49.1 Å². The maximum atomic E-state index is 2.69. The Morgan fingerprint density at radius 1 is 0.429 bits per heavy atom. The van der Waals surface area contributed by atoms with E-state index in [1.54, 1.807) is 0 Å². The first-order chi connectivity index (χ1) is 9.78. The molecular formula is C19H44N2. The number of unbranched alkanes of at least 4 members (excludes halogenated alkanes) is 4. The Bertz CT molecular complexity index is 146. The first-order valence-electron chi connectivity index (χ1n) is 9.23. The molecule has 0 radical (unpaired) electrons. The predicted octanol–water partition coefficient (Wildman–Crippen LogP) is 5.43. The average molecular weight is 301 g/mol. The Morgan fingerprint density at radius 3 is 0.857 bits per heavy atom. The molecule has 0 rings (SSSR count). The number of rotatable bonds is 15. The largest absolute Gasteiger partial charge is 0.302 e. The van der Waals surface area contributed by atoms with Gasteiger partial charge in [-0.3, -0.25) is 0 Å². The monoisotopic (exact) mass is 300 g/mol. The molecule has 2 heteroatoms. The quantitative estimate of drug-likeness (QED) is 0.398. The fourth-order valence-electron chi connectivity index (χ4n) is 2.48. The van der Waals surface area contributed by atoms with Crippen LogP contribution >= 0.6 is 0 Å². The summed E-state index contributed by atoms with van der Waals surface area (Å²) in [6.07, 6.45) is 10.7. The minimum absolute atomic E-state index is 0. The van der Waals surface area contributed by atoms with Crippen LogP contribution in [-0.2, 0) is 0 Å². The molecule has 0 spiro atoms. The van der Waals surface area contributed by atoms with Crippen LogP contribution in [0.4, 0.5) is 0 Å². The summed E-state index contributed by atoms with van der Waals surface area (Å²) in [6, 6.07) is 0. The normalized spacial score (nSPS) is 11.1. The third-order valence-electron chi connectivity index (χ3n) is 4.04. The topological polar surface area (TPSA) is 6.48 Å². The lowest BCUT2D eigenvalue weighted by Crippen LogP contribution is -2.37. The Labute approximate surface area is 136 Å². The molecule has 0 saturated carbocycles. The van der Waals surface area contributed by atoms with Crippen LogP contribution in [0.3, 0.4) is 0 Å². The molecule has 0 aliphatic carbocycles. The SMILES string of the molecule is C.CCCCN(CCCC)CCN(CCCC)CCCC. The summed E-state index contributed by atoms with van der Waals surface area (Å²) < 4.78 is 0. The van der Waals surface area contributed by atoms with Gasteiger partial charge in [0.25, 0.3) is 0 Å². The van der Waals surface area contributed by atoms with E-state index in [-0.39, 0.29) is 7.43 Å². The average Bonchev–Trinajstić information content (AvgIpc) is 2.48. The molecule has 0 fully saturated rings. The van der Waals surface area contributed by atoms with Crippen molar-refractivity contribution in [1.29, 1.82) is 0 Å². The van der Waals surface area contributed by atoms with Gasteiger partial charge >= 0.3 is 0 Å². The van der Waals surface area contributed by atoms with Crippen LogP contribution in [0.25, 0.3) is 0 Å². The molecule has 130 valence electrons. The highest BCUT2D eigenvalue weighted by molar-refractivity contribution is 4.64. The molecule has 0 atom stereocenters. The van der Waals surface area contributed by atoms with E-state index in [0.29, 0.717) is 0 Å². The zero-order valence-electron chi connectivity index (χ0n) is 14.8. The van der Waals surface area contributed by atoms with E-state index in [0.717, 1.165) is 0 Å². The summed E-state index contributed by atoms with van der Waals surface area (Å²) in [6.45, 7) is 16.9. The van der Waals surface area contributed by atoms with E-state index in [9.17, 15) is 0 Å². The maximum absolute atomic E-state index is 2.69. The molecule has 0 amide bonds. The van der Waals surface area contributed by atoms with Crippen molar-refractivity contribution in [2.24, 2.45) is 0 Å². The van der Waals surface area contributed by atoms with Gasteiger partial charge in [-0.05, 0) is 51.9 Å². The zero-order valence-corrected chi connectivity index (χ0v) is 14.8. The van der Waals surface area contributed by atoms with Gasteiger partial charge in [0.05, 0.1) is 0 Å². The molecule has 21 heavy (non-hydrogen) atoms. The predicted molar refractivity (Wildman–Crippen MR) is 99.2 cm³/mol. The second-order valence-electron chi connectivity index (χ2n) is 6.10. The van der Waals surface area contributed by atoms with Gasteiger partial charge in [0, 0.05) is 13.1 Å². The Kier molecular flexibility index (Phi) is 19.8. The second-order valence-corrected chi connectivity index (χ2v) is 6.10. The molecule has 0 aromatic rings. The molecular weight excluding hydrogens is 256 g/mol. The van der Waals surface area contributed by atoms with Crippen LogP contribution in [0.2, 0.25) is 0 Å². The van der Waals surface area contributed by atoms with E-state index in [1.165, 1.54) is 90.6 Å². The molecule has 0 heterocycles. The summed E-state index contributed by atoms with van der Waals surface area (Å²) in [5.74, 6) is 0. The Morgan fingerprint density at radius 2 is 0.667 bits per heavy atom. The van der Waals surface area contributed by atoms with Gasteiger partial charge in [0.1, 0.15) is 0 Å². The molecule has 0 saturated heterocycles. The first-order valence-corrected chi connectivity index (χ1v) is 9.23. The van der Waals surface area contributed by atoms with Gasteiger partial charge in [-0.25, -0.2) is 0 Å². The van der Waals surface area contributed by atoms with Crippen molar-refractivity contribution in [2.45, 2.75) is 86.5 Å². The summed E-state index contributed by atoms with van der Waals surface area (Å²) in [7, 11) is 0. The lowest BCUT2D eigenvalue weighted by Gasteiger charge is -2.27. The molecule has 0 aliphatic rings. The van der Waals surface area contributed by atoms with Gasteiger partial charge in [0.15, 0.2) is 0 Å². The van der Waals surface area contributed by atoms with E-state index in [1.807, 2.05) is 0 Å². The lowest BCUT2D eigenvalue weighted by atomic mass is 10.2. The van der Waals surface area contributed by atoms with Crippen molar-refractivity contribution < 1.29 is 0 Å². The molecule has 0 N–H and O–H groups in total. The van der Waals surface area contributed by atoms with Crippen molar-refractivity contribution in [1.82, 2.24) is 9.80 Å². The number of hydrogen-bond acceptors (Lipinski definition) is 2. The highest BCUT2D eigenvalue weighted by atomic mass is 15.2. The van der Waals surface area contributed by atoms with Crippen LogP contribution in [0.5, 0.6) is 0 Å². The van der Waals surface area contributed by atoms with E-state index in [2.05, 4.69) is 37.5 Å². The third-order valence-corrected chi connectivity index (χ3v) is 4.04. The summed E-state index contributed by atoms with van der Waals surface area (Å²) in [4.78, 5) is 5.38. The van der Waals surface area contributed by atoms with Crippen molar-refractivity contribution in [3.63, 3.8) is 0 Å². The van der Waals surface area contributed by atoms with E-state index < -0.39 is 0 Å². The van der Waals surface area contributed by atoms with Crippen LogP contribution < -0.4 is 0 Å². The molecule has 0 aromatic carbocycles. The highest BCUT2D eigenvalue weighted by Crippen LogP contribution is 2.03. The summed E-state index contributed by atoms with van der Waals surface area (Å²) >= 11 is 0. The Hall–Kier alpha value is -0.0800. The summed E-state index contributed by atoms with van der Waals surface area (Å²) in [5.41, 5.74) is 0. The van der Waals surface area contributed by atoms with Crippen LogP contribution in [0.1, 0.15) is 86.5 Å². The zero-order chi connectivity index (χ0) is 15.1. The number of nitrogens with zero attached hydrogens (tertiary/aromatic N) is 2. The highest BCUT2D eigenvalue weighted by Gasteiger charge is 2.08. The fraction of sp³-hybridized carbons (Fsp3) is 1.00. The standard InChI is InChI=1S/C18H40N2.CH4/c1-5-9-13-19(14-10-6-2)17-18-20(15-11-7-3)16-12-8-4;/h5-18H2,1-4H3;1H4. The van der Waals surface area contributed by atoms with Crippen LogP contribution in [0.15, 0.2) is 0 Å². The second kappa shape index (κ2) is 18.0. The fourth-order valence-corrected chi connectivity index (χ4v) is 2.48. The van der Waals surface area contributed by atoms with E-state index >= 15 is 0 Å². The molecule has 0 aromatic heterocycles. The van der Waals surface area contributed by atoms with E-state index in [4.69, 9.17) is 0 Å². The van der Waals surface area contributed by atoms with Gasteiger partial charge in [-0.2, -0.15) is 0 Å². The van der Waals surface area contributed by atoms with Crippen molar-refractivity contribution in [3.8, 4) is 0 Å². The first kappa shape index (κ1) is 23.2.